The van der Waals surface area contributed by atoms with Gasteiger partial charge in [0.25, 0.3) is 0 Å². The van der Waals surface area contributed by atoms with Crippen LogP contribution in [0.4, 0.5) is 4.39 Å². The molecule has 1 saturated carbocycles. The quantitative estimate of drug-likeness (QED) is 0.386. The van der Waals surface area contributed by atoms with Gasteiger partial charge in [-0.15, -0.1) is 0 Å². The van der Waals surface area contributed by atoms with Gasteiger partial charge in [-0.3, -0.25) is 0 Å². The molecule has 0 aromatic heterocycles. The first-order chi connectivity index (χ1) is 14.2. The average Bonchev–Trinajstić information content (AvgIpc) is 2.75. The maximum atomic E-state index is 15.2. The van der Waals surface area contributed by atoms with Crippen LogP contribution in [0.5, 0.6) is 0 Å². The Kier molecular flexibility index (Phi) is 6.13. The lowest BCUT2D eigenvalue weighted by molar-refractivity contribution is 0.376. The van der Waals surface area contributed by atoms with Crippen LogP contribution in [0.1, 0.15) is 63.0 Å². The Morgan fingerprint density at radius 1 is 0.931 bits per heavy atom. The molecule has 1 heteroatoms. The highest BCUT2D eigenvalue weighted by molar-refractivity contribution is 5.88. The Hall–Kier alpha value is -2.41. The minimum absolute atomic E-state index is 0.106. The standard InChI is InChI=1S/C28H31F/c1-3-5-20-7-10-22(11-8-20)23-12-14-24(15-13-23)26-18-16-25-19-21(6-4-2)9-17-27(25)28(26)29/h3,5,9,12-20,22H,4,6-8,10-11H2,1-2H3/b5-3+. The van der Waals surface area contributed by atoms with Crippen molar-refractivity contribution < 1.29 is 4.39 Å². The number of aryl methyl sites for hydroxylation is 1. The van der Waals surface area contributed by atoms with Crippen molar-refractivity contribution in [1.29, 1.82) is 0 Å². The Bertz CT molecular complexity index is 989. The molecule has 3 aromatic carbocycles. The molecule has 0 unspecified atom stereocenters. The highest BCUT2D eigenvalue weighted by Crippen LogP contribution is 2.37. The molecule has 0 saturated heterocycles. The molecule has 0 atom stereocenters. The van der Waals surface area contributed by atoms with Crippen LogP contribution >= 0.6 is 0 Å². The van der Waals surface area contributed by atoms with Crippen molar-refractivity contribution in [1.82, 2.24) is 0 Å². The molecule has 0 nitrogen and oxygen atoms in total. The fourth-order valence-electron chi connectivity index (χ4n) is 4.86. The average molecular weight is 387 g/mol. The summed E-state index contributed by atoms with van der Waals surface area (Å²) < 4.78 is 15.2. The van der Waals surface area contributed by atoms with Crippen LogP contribution in [0.3, 0.4) is 0 Å². The molecule has 0 radical (unpaired) electrons. The van der Waals surface area contributed by atoms with Gasteiger partial charge in [-0.25, -0.2) is 4.39 Å². The fraction of sp³-hybridized carbons (Fsp3) is 0.357. The van der Waals surface area contributed by atoms with Crippen molar-refractivity contribution in [2.24, 2.45) is 5.92 Å². The number of halogens is 1. The number of rotatable bonds is 5. The van der Waals surface area contributed by atoms with Crippen LogP contribution in [0.25, 0.3) is 21.9 Å². The van der Waals surface area contributed by atoms with Gasteiger partial charge in [0, 0.05) is 10.9 Å². The zero-order valence-corrected chi connectivity index (χ0v) is 17.6. The predicted octanol–water partition coefficient (Wildman–Crippen LogP) is 8.45. The molecule has 0 aliphatic heterocycles. The predicted molar refractivity (Wildman–Crippen MR) is 123 cm³/mol. The third-order valence-corrected chi connectivity index (χ3v) is 6.49. The molecule has 4 rings (SSSR count). The molecule has 29 heavy (non-hydrogen) atoms. The molecule has 0 spiro atoms. The van der Waals surface area contributed by atoms with E-state index in [-0.39, 0.29) is 5.82 Å². The summed E-state index contributed by atoms with van der Waals surface area (Å²) in [4.78, 5) is 0. The highest BCUT2D eigenvalue weighted by atomic mass is 19.1. The Balaban J connectivity index is 1.55. The van der Waals surface area contributed by atoms with E-state index in [1.165, 1.54) is 36.8 Å². The number of hydrogen-bond acceptors (Lipinski definition) is 0. The normalized spacial score (nSPS) is 19.8. The van der Waals surface area contributed by atoms with Gasteiger partial charge >= 0.3 is 0 Å². The molecule has 150 valence electrons. The zero-order chi connectivity index (χ0) is 20.2. The van der Waals surface area contributed by atoms with Crippen LogP contribution in [0.2, 0.25) is 0 Å². The maximum absolute atomic E-state index is 15.2. The van der Waals surface area contributed by atoms with Crippen LogP contribution in [-0.2, 0) is 6.42 Å². The summed E-state index contributed by atoms with van der Waals surface area (Å²) in [6.45, 7) is 4.28. The summed E-state index contributed by atoms with van der Waals surface area (Å²) in [7, 11) is 0. The molecule has 0 amide bonds. The summed E-state index contributed by atoms with van der Waals surface area (Å²) in [5.74, 6) is 1.29. The second kappa shape index (κ2) is 8.95. The van der Waals surface area contributed by atoms with Crippen molar-refractivity contribution in [3.63, 3.8) is 0 Å². The summed E-state index contributed by atoms with van der Waals surface area (Å²) in [5.41, 5.74) is 4.34. The molecule has 1 aliphatic carbocycles. The molecule has 3 aromatic rings. The highest BCUT2D eigenvalue weighted by Gasteiger charge is 2.21. The van der Waals surface area contributed by atoms with E-state index in [1.54, 1.807) is 0 Å². The summed E-state index contributed by atoms with van der Waals surface area (Å²) >= 11 is 0. The summed E-state index contributed by atoms with van der Waals surface area (Å²) in [5, 5.41) is 1.71. The van der Waals surface area contributed by atoms with Crippen LogP contribution in [-0.4, -0.2) is 0 Å². The lowest BCUT2D eigenvalue weighted by Gasteiger charge is -2.27. The van der Waals surface area contributed by atoms with E-state index < -0.39 is 0 Å². The van der Waals surface area contributed by atoms with Gasteiger partial charge in [-0.1, -0.05) is 80.1 Å². The summed E-state index contributed by atoms with van der Waals surface area (Å²) in [6, 6.07) is 18.7. The van der Waals surface area contributed by atoms with Gasteiger partial charge in [0.15, 0.2) is 0 Å². The molecule has 0 heterocycles. The first-order valence-corrected chi connectivity index (χ1v) is 11.1. The van der Waals surface area contributed by atoms with Gasteiger partial charge in [0.05, 0.1) is 0 Å². The third kappa shape index (κ3) is 4.29. The zero-order valence-electron chi connectivity index (χ0n) is 17.6. The molecule has 0 N–H and O–H groups in total. The van der Waals surface area contributed by atoms with Crippen LogP contribution < -0.4 is 0 Å². The van der Waals surface area contributed by atoms with Crippen LogP contribution in [0, 0.1) is 11.7 Å². The number of benzene rings is 3. The first kappa shape index (κ1) is 19.9. The number of hydrogen-bond donors (Lipinski definition) is 0. The molecular weight excluding hydrogens is 355 g/mol. The summed E-state index contributed by atoms with van der Waals surface area (Å²) in [6.07, 6.45) is 11.7. The van der Waals surface area contributed by atoms with E-state index in [0.717, 1.165) is 29.7 Å². The van der Waals surface area contributed by atoms with E-state index in [1.807, 2.05) is 12.1 Å². The van der Waals surface area contributed by atoms with Crippen molar-refractivity contribution in [3.8, 4) is 11.1 Å². The Labute approximate surface area is 174 Å². The van der Waals surface area contributed by atoms with E-state index in [2.05, 4.69) is 68.5 Å². The van der Waals surface area contributed by atoms with Crippen LogP contribution in [0.15, 0.2) is 66.7 Å². The molecular formula is C28H31F. The molecule has 0 bridgehead atoms. The lowest BCUT2D eigenvalue weighted by Crippen LogP contribution is -2.11. The minimum atomic E-state index is -0.106. The topological polar surface area (TPSA) is 0 Å². The van der Waals surface area contributed by atoms with Gasteiger partial charge < -0.3 is 0 Å². The third-order valence-electron chi connectivity index (χ3n) is 6.49. The van der Waals surface area contributed by atoms with Crippen molar-refractivity contribution in [3.05, 3.63) is 83.7 Å². The van der Waals surface area contributed by atoms with Gasteiger partial charge in [-0.05, 0) is 72.9 Å². The largest absolute Gasteiger partial charge is 0.206 e. The molecule has 1 fully saturated rings. The second-order valence-corrected chi connectivity index (χ2v) is 8.49. The number of allylic oxidation sites excluding steroid dienone is 2. The van der Waals surface area contributed by atoms with E-state index in [4.69, 9.17) is 0 Å². The van der Waals surface area contributed by atoms with E-state index >= 15 is 4.39 Å². The fourth-order valence-corrected chi connectivity index (χ4v) is 4.86. The Morgan fingerprint density at radius 2 is 1.69 bits per heavy atom. The lowest BCUT2D eigenvalue weighted by atomic mass is 9.78. The van der Waals surface area contributed by atoms with Gasteiger partial charge in [0.2, 0.25) is 0 Å². The Morgan fingerprint density at radius 3 is 2.38 bits per heavy atom. The van der Waals surface area contributed by atoms with E-state index in [0.29, 0.717) is 16.9 Å². The number of fused-ring (bicyclic) bond motifs is 1. The van der Waals surface area contributed by atoms with E-state index in [9.17, 15) is 0 Å². The SMILES string of the molecule is C/C=C/C1CCC(c2ccc(-c3ccc4cc(CCC)ccc4c3F)cc2)CC1. The molecule has 1 aliphatic rings. The van der Waals surface area contributed by atoms with Crippen molar-refractivity contribution >= 4 is 10.8 Å². The van der Waals surface area contributed by atoms with Crippen molar-refractivity contribution in [2.45, 2.75) is 58.3 Å². The maximum Gasteiger partial charge on any atom is 0.138 e. The monoisotopic (exact) mass is 386 g/mol. The van der Waals surface area contributed by atoms with Gasteiger partial charge in [-0.2, -0.15) is 0 Å². The first-order valence-electron chi connectivity index (χ1n) is 11.1. The van der Waals surface area contributed by atoms with Gasteiger partial charge in [0.1, 0.15) is 5.82 Å². The van der Waals surface area contributed by atoms with Crippen molar-refractivity contribution in [2.75, 3.05) is 0 Å². The second-order valence-electron chi connectivity index (χ2n) is 8.49. The minimum Gasteiger partial charge on any atom is -0.206 e. The smallest absolute Gasteiger partial charge is 0.138 e.